The van der Waals surface area contributed by atoms with Crippen LogP contribution >= 0.6 is 12.2 Å². The summed E-state index contributed by atoms with van der Waals surface area (Å²) >= 11 is 5.48. The molecule has 9 heteroatoms. The van der Waals surface area contributed by atoms with E-state index in [1.165, 1.54) is 0 Å². The fourth-order valence-corrected chi connectivity index (χ4v) is 4.56. The van der Waals surface area contributed by atoms with Crippen LogP contribution in [0.1, 0.15) is 0 Å². The first kappa shape index (κ1) is 22.5. The van der Waals surface area contributed by atoms with Gasteiger partial charge in [0, 0.05) is 37.2 Å². The van der Waals surface area contributed by atoms with Crippen LogP contribution in [0.2, 0.25) is 0 Å². The molecule has 0 unspecified atom stereocenters. The smallest absolute Gasteiger partial charge is 0.223 e. The molecule has 0 radical (unpaired) electrons. The summed E-state index contributed by atoms with van der Waals surface area (Å²) < 4.78 is 12.2. The van der Waals surface area contributed by atoms with Gasteiger partial charge in [0.15, 0.2) is 5.11 Å². The first-order chi connectivity index (χ1) is 16.6. The summed E-state index contributed by atoms with van der Waals surface area (Å²) in [6.07, 6.45) is 1.56. The molecule has 34 heavy (non-hydrogen) atoms. The molecule has 3 N–H and O–H groups in total. The second-order valence-electron chi connectivity index (χ2n) is 8.62. The number of anilines is 3. The lowest BCUT2D eigenvalue weighted by molar-refractivity contribution is 0.0689. The SMILES string of the molecule is CN(C)c1ccc(-c2ccnc(N[C@@H]3CO[C@@H]4[C@@H]3OC[C@@H]4NC(=S)Nc3ccccc3)n2)cc1. The van der Waals surface area contributed by atoms with E-state index in [0.29, 0.717) is 24.3 Å². The lowest BCUT2D eigenvalue weighted by atomic mass is 10.1. The predicted octanol–water partition coefficient (Wildman–Crippen LogP) is 3.14. The Hall–Kier alpha value is -3.27. The van der Waals surface area contributed by atoms with Gasteiger partial charge in [-0.25, -0.2) is 9.97 Å². The molecule has 176 valence electrons. The van der Waals surface area contributed by atoms with Crippen LogP contribution in [0.15, 0.2) is 66.9 Å². The first-order valence-corrected chi connectivity index (χ1v) is 11.7. The van der Waals surface area contributed by atoms with Crippen molar-refractivity contribution >= 4 is 34.7 Å². The Morgan fingerprint density at radius 3 is 2.38 bits per heavy atom. The van der Waals surface area contributed by atoms with Crippen LogP contribution < -0.4 is 20.9 Å². The number of thiocarbonyl (C=S) groups is 1. The molecule has 0 saturated carbocycles. The molecule has 5 rings (SSSR count). The van der Waals surface area contributed by atoms with Crippen molar-refractivity contribution in [3.8, 4) is 11.3 Å². The molecular weight excluding hydrogens is 448 g/mol. The Kier molecular flexibility index (Phi) is 6.57. The van der Waals surface area contributed by atoms with Gasteiger partial charge < -0.3 is 30.3 Å². The number of para-hydroxylation sites is 1. The molecule has 2 fully saturated rings. The summed E-state index contributed by atoms with van der Waals surface area (Å²) in [7, 11) is 4.05. The topological polar surface area (TPSA) is 83.6 Å². The van der Waals surface area contributed by atoms with Crippen LogP contribution in [0.5, 0.6) is 0 Å². The van der Waals surface area contributed by atoms with E-state index in [9.17, 15) is 0 Å². The van der Waals surface area contributed by atoms with Crippen LogP contribution in [0.3, 0.4) is 0 Å². The van der Waals surface area contributed by atoms with E-state index >= 15 is 0 Å². The van der Waals surface area contributed by atoms with Gasteiger partial charge in [0.25, 0.3) is 0 Å². The average molecular weight is 477 g/mol. The molecule has 8 nitrogen and oxygen atoms in total. The summed E-state index contributed by atoms with van der Waals surface area (Å²) in [5.74, 6) is 0.560. The second kappa shape index (κ2) is 9.92. The molecule has 4 atom stereocenters. The number of nitrogens with zero attached hydrogens (tertiary/aromatic N) is 3. The normalized spacial score (nSPS) is 23.2. The van der Waals surface area contributed by atoms with Gasteiger partial charge in [-0.15, -0.1) is 0 Å². The molecule has 2 aliphatic rings. The number of fused-ring (bicyclic) bond motifs is 1. The summed E-state index contributed by atoms with van der Waals surface area (Å²) in [6.45, 7) is 1.03. The van der Waals surface area contributed by atoms with E-state index < -0.39 is 0 Å². The van der Waals surface area contributed by atoms with E-state index in [0.717, 1.165) is 22.6 Å². The van der Waals surface area contributed by atoms with E-state index in [-0.39, 0.29) is 24.3 Å². The second-order valence-corrected chi connectivity index (χ2v) is 9.03. The summed E-state index contributed by atoms with van der Waals surface area (Å²) in [5, 5.41) is 10.5. The number of aromatic nitrogens is 2. The third-order valence-corrected chi connectivity index (χ3v) is 6.27. The highest BCUT2D eigenvalue weighted by atomic mass is 32.1. The summed E-state index contributed by atoms with van der Waals surface area (Å²) in [4.78, 5) is 11.2. The zero-order valence-electron chi connectivity index (χ0n) is 19.1. The Labute approximate surface area is 204 Å². The first-order valence-electron chi connectivity index (χ1n) is 11.3. The van der Waals surface area contributed by atoms with Gasteiger partial charge in [-0.3, -0.25) is 0 Å². The Morgan fingerprint density at radius 1 is 0.941 bits per heavy atom. The third-order valence-electron chi connectivity index (χ3n) is 6.05. The molecule has 1 aromatic heterocycles. The molecule has 0 aliphatic carbocycles. The number of hydrogen-bond acceptors (Lipinski definition) is 7. The van der Waals surface area contributed by atoms with E-state index in [1.807, 2.05) is 50.5 Å². The van der Waals surface area contributed by atoms with Gasteiger partial charge >= 0.3 is 0 Å². The minimum absolute atomic E-state index is 0.0250. The fourth-order valence-electron chi connectivity index (χ4n) is 4.29. The Balaban J connectivity index is 1.20. The predicted molar refractivity (Wildman–Crippen MR) is 138 cm³/mol. The van der Waals surface area contributed by atoms with Crippen LogP contribution in [0.25, 0.3) is 11.3 Å². The monoisotopic (exact) mass is 476 g/mol. The molecule has 0 amide bonds. The van der Waals surface area contributed by atoms with Crippen molar-refractivity contribution in [2.45, 2.75) is 24.3 Å². The largest absolute Gasteiger partial charge is 0.378 e. The van der Waals surface area contributed by atoms with Crippen LogP contribution in [0, 0.1) is 0 Å². The fraction of sp³-hybridized carbons (Fsp3) is 0.320. The lowest BCUT2D eigenvalue weighted by Gasteiger charge is -2.20. The van der Waals surface area contributed by atoms with Crippen molar-refractivity contribution in [1.29, 1.82) is 0 Å². The van der Waals surface area contributed by atoms with Crippen molar-refractivity contribution in [3.05, 3.63) is 66.9 Å². The highest BCUT2D eigenvalue weighted by Crippen LogP contribution is 2.29. The summed E-state index contributed by atoms with van der Waals surface area (Å²) in [5.41, 5.74) is 3.99. The van der Waals surface area contributed by atoms with Crippen molar-refractivity contribution in [1.82, 2.24) is 15.3 Å². The van der Waals surface area contributed by atoms with Gasteiger partial charge in [-0.05, 0) is 42.5 Å². The number of nitrogens with one attached hydrogen (secondary N) is 3. The van der Waals surface area contributed by atoms with Gasteiger partial charge in [0.2, 0.25) is 5.95 Å². The van der Waals surface area contributed by atoms with Gasteiger partial charge in [0.1, 0.15) is 12.2 Å². The van der Waals surface area contributed by atoms with Crippen molar-refractivity contribution in [2.24, 2.45) is 0 Å². The van der Waals surface area contributed by atoms with E-state index in [1.54, 1.807) is 6.20 Å². The maximum Gasteiger partial charge on any atom is 0.223 e. The average Bonchev–Trinajstić information content (AvgIpc) is 3.43. The molecular formula is C25H28N6O2S. The molecule has 2 aromatic carbocycles. The van der Waals surface area contributed by atoms with Crippen molar-refractivity contribution < 1.29 is 9.47 Å². The standard InChI is InChI=1S/C25H28N6O2S/c1-31(2)18-10-8-16(9-11-18)19-12-13-26-24(28-19)29-20-14-32-23-21(15-33-22(20)23)30-25(34)27-17-6-4-3-5-7-17/h3-13,20-23H,14-15H2,1-2H3,(H,26,28,29)(H2,27,30,34)/t20-,21+,22-,23+/m1/s1. The number of rotatable bonds is 6. The van der Waals surface area contributed by atoms with Gasteiger partial charge in [-0.1, -0.05) is 30.3 Å². The molecule has 2 aliphatic heterocycles. The molecule has 3 aromatic rings. The Morgan fingerprint density at radius 2 is 1.65 bits per heavy atom. The van der Waals surface area contributed by atoms with Crippen LogP contribution in [-0.4, -0.2) is 66.7 Å². The lowest BCUT2D eigenvalue weighted by Crippen LogP contribution is -2.46. The van der Waals surface area contributed by atoms with E-state index in [4.69, 9.17) is 26.7 Å². The highest BCUT2D eigenvalue weighted by molar-refractivity contribution is 7.80. The van der Waals surface area contributed by atoms with Gasteiger partial charge in [-0.2, -0.15) is 0 Å². The van der Waals surface area contributed by atoms with E-state index in [2.05, 4.69) is 50.1 Å². The minimum Gasteiger partial charge on any atom is -0.378 e. The number of benzene rings is 2. The van der Waals surface area contributed by atoms with Crippen molar-refractivity contribution in [2.75, 3.05) is 42.8 Å². The Bertz CT molecular complexity index is 1130. The number of ether oxygens (including phenoxy) is 2. The zero-order chi connectivity index (χ0) is 23.5. The molecule has 2 saturated heterocycles. The molecule has 0 spiro atoms. The minimum atomic E-state index is -0.108. The highest BCUT2D eigenvalue weighted by Gasteiger charge is 2.48. The quantitative estimate of drug-likeness (QED) is 0.465. The summed E-state index contributed by atoms with van der Waals surface area (Å²) in [6, 6.07) is 20.0. The molecule has 0 bridgehead atoms. The third kappa shape index (κ3) is 4.96. The zero-order valence-corrected chi connectivity index (χ0v) is 20.0. The van der Waals surface area contributed by atoms with Crippen LogP contribution in [0.4, 0.5) is 17.3 Å². The number of hydrogen-bond donors (Lipinski definition) is 3. The van der Waals surface area contributed by atoms with Crippen molar-refractivity contribution in [3.63, 3.8) is 0 Å². The maximum absolute atomic E-state index is 6.08. The van der Waals surface area contributed by atoms with Crippen LogP contribution in [-0.2, 0) is 9.47 Å². The molecule has 3 heterocycles. The maximum atomic E-state index is 6.08. The van der Waals surface area contributed by atoms with Gasteiger partial charge in [0.05, 0.1) is 31.0 Å².